The molecule has 1 heterocycles. The third kappa shape index (κ3) is 4.20. The molecule has 112 valence electrons. The Morgan fingerprint density at radius 3 is 2.75 bits per heavy atom. The first kappa shape index (κ1) is 16.4. The van der Waals surface area contributed by atoms with Gasteiger partial charge < -0.3 is 15.3 Å². The Bertz CT molecular complexity index is 447. The second-order valence-corrected chi connectivity index (χ2v) is 5.11. The summed E-state index contributed by atoms with van der Waals surface area (Å²) in [5.74, 6) is -0.0971. The van der Waals surface area contributed by atoms with Crippen LogP contribution in [0.4, 0.5) is 5.69 Å². The van der Waals surface area contributed by atoms with Gasteiger partial charge in [-0.3, -0.25) is 9.78 Å². The lowest BCUT2D eigenvalue weighted by molar-refractivity contribution is 0.0666. The number of anilines is 1. The molecule has 0 unspecified atom stereocenters. The van der Waals surface area contributed by atoms with E-state index in [4.69, 9.17) is 5.11 Å². The van der Waals surface area contributed by atoms with Crippen molar-refractivity contribution in [1.82, 2.24) is 9.88 Å². The number of aliphatic hydroxyl groups excluding tert-OH is 1. The lowest BCUT2D eigenvalue weighted by Gasteiger charge is -2.27. The molecule has 0 atom stereocenters. The molecule has 2 N–H and O–H groups in total. The van der Waals surface area contributed by atoms with Gasteiger partial charge in [-0.05, 0) is 33.3 Å². The molecule has 0 aliphatic carbocycles. The molecule has 0 radical (unpaired) electrons. The van der Waals surface area contributed by atoms with Gasteiger partial charge in [0.15, 0.2) is 0 Å². The summed E-state index contributed by atoms with van der Waals surface area (Å²) < 4.78 is 0. The molecule has 1 rings (SSSR count). The topological polar surface area (TPSA) is 65.5 Å². The molecule has 0 fully saturated rings. The molecule has 1 aromatic rings. The summed E-state index contributed by atoms with van der Waals surface area (Å²) >= 11 is 0. The Morgan fingerprint density at radius 2 is 2.20 bits per heavy atom. The Morgan fingerprint density at radius 1 is 1.50 bits per heavy atom. The standard InChI is InChI=1S/C15H25N3O2/c1-5-6-16-14-9-12(4)17-10-13(14)15(20)18(7-8-19)11(2)3/h9-11,19H,5-8H2,1-4H3,(H,16,17). The van der Waals surface area contributed by atoms with Crippen LogP contribution in [-0.2, 0) is 0 Å². The third-order valence-electron chi connectivity index (χ3n) is 3.06. The van der Waals surface area contributed by atoms with Crippen molar-refractivity contribution < 1.29 is 9.90 Å². The first-order chi connectivity index (χ1) is 9.51. The van der Waals surface area contributed by atoms with Crippen LogP contribution >= 0.6 is 0 Å². The zero-order valence-electron chi connectivity index (χ0n) is 12.8. The van der Waals surface area contributed by atoms with E-state index in [2.05, 4.69) is 17.2 Å². The highest BCUT2D eigenvalue weighted by Gasteiger charge is 2.21. The molecular formula is C15H25N3O2. The van der Waals surface area contributed by atoms with Crippen LogP contribution in [0.25, 0.3) is 0 Å². The van der Waals surface area contributed by atoms with E-state index in [0.29, 0.717) is 12.1 Å². The lowest BCUT2D eigenvalue weighted by Crippen LogP contribution is -2.39. The summed E-state index contributed by atoms with van der Waals surface area (Å²) in [6.07, 6.45) is 2.60. The lowest BCUT2D eigenvalue weighted by atomic mass is 10.1. The van der Waals surface area contributed by atoms with Gasteiger partial charge in [0.2, 0.25) is 0 Å². The minimum Gasteiger partial charge on any atom is -0.395 e. The van der Waals surface area contributed by atoms with E-state index < -0.39 is 0 Å². The minimum atomic E-state index is -0.0971. The molecule has 0 bridgehead atoms. The molecule has 0 aliphatic rings. The van der Waals surface area contributed by atoms with Crippen molar-refractivity contribution in [3.8, 4) is 0 Å². The van der Waals surface area contributed by atoms with Crippen LogP contribution < -0.4 is 5.32 Å². The van der Waals surface area contributed by atoms with Gasteiger partial charge in [-0.1, -0.05) is 6.92 Å². The highest BCUT2D eigenvalue weighted by molar-refractivity contribution is 5.99. The van der Waals surface area contributed by atoms with E-state index in [1.54, 1.807) is 11.1 Å². The van der Waals surface area contributed by atoms with Crippen LogP contribution in [0.1, 0.15) is 43.2 Å². The van der Waals surface area contributed by atoms with Gasteiger partial charge in [0.05, 0.1) is 17.9 Å². The fraction of sp³-hybridized carbons (Fsp3) is 0.600. The Labute approximate surface area is 121 Å². The van der Waals surface area contributed by atoms with Crippen molar-refractivity contribution >= 4 is 11.6 Å². The molecule has 1 aromatic heterocycles. The molecule has 5 nitrogen and oxygen atoms in total. The van der Waals surface area contributed by atoms with Crippen LogP contribution in [0, 0.1) is 6.92 Å². The molecule has 0 saturated carbocycles. The van der Waals surface area contributed by atoms with E-state index in [-0.39, 0.29) is 18.6 Å². The van der Waals surface area contributed by atoms with Crippen LogP contribution in [-0.4, -0.2) is 46.6 Å². The fourth-order valence-electron chi connectivity index (χ4n) is 1.99. The second-order valence-electron chi connectivity index (χ2n) is 5.11. The molecular weight excluding hydrogens is 254 g/mol. The van der Waals surface area contributed by atoms with E-state index in [1.165, 1.54) is 0 Å². The van der Waals surface area contributed by atoms with Gasteiger partial charge in [0.1, 0.15) is 0 Å². The SMILES string of the molecule is CCCNc1cc(C)ncc1C(=O)N(CCO)C(C)C. The average Bonchev–Trinajstić information content (AvgIpc) is 2.41. The molecule has 1 amide bonds. The van der Waals surface area contributed by atoms with E-state index >= 15 is 0 Å². The largest absolute Gasteiger partial charge is 0.395 e. The highest BCUT2D eigenvalue weighted by atomic mass is 16.3. The predicted octanol–water partition coefficient (Wildman–Crippen LogP) is 2.05. The van der Waals surface area contributed by atoms with Crippen molar-refractivity contribution in [2.24, 2.45) is 0 Å². The summed E-state index contributed by atoms with van der Waals surface area (Å²) in [5.41, 5.74) is 2.25. The van der Waals surface area contributed by atoms with Gasteiger partial charge >= 0.3 is 0 Å². The number of aromatic nitrogens is 1. The van der Waals surface area contributed by atoms with Gasteiger partial charge in [-0.25, -0.2) is 0 Å². The van der Waals surface area contributed by atoms with Crippen LogP contribution in [0.15, 0.2) is 12.3 Å². The predicted molar refractivity (Wildman–Crippen MR) is 81.0 cm³/mol. The van der Waals surface area contributed by atoms with Crippen molar-refractivity contribution in [3.05, 3.63) is 23.5 Å². The summed E-state index contributed by atoms with van der Waals surface area (Å²) in [6.45, 7) is 8.96. The van der Waals surface area contributed by atoms with Crippen LogP contribution in [0.5, 0.6) is 0 Å². The monoisotopic (exact) mass is 279 g/mol. The number of aliphatic hydroxyl groups is 1. The number of amides is 1. The Kier molecular flexibility index (Phi) is 6.45. The Balaban J connectivity index is 3.06. The maximum absolute atomic E-state index is 12.6. The number of hydrogen-bond acceptors (Lipinski definition) is 4. The van der Waals surface area contributed by atoms with Crippen LogP contribution in [0.2, 0.25) is 0 Å². The summed E-state index contributed by atoms with van der Waals surface area (Å²) in [4.78, 5) is 18.5. The third-order valence-corrected chi connectivity index (χ3v) is 3.06. The molecule has 0 aliphatic heterocycles. The number of hydrogen-bond donors (Lipinski definition) is 2. The number of nitrogens with one attached hydrogen (secondary N) is 1. The minimum absolute atomic E-state index is 0.0370. The van der Waals surface area contributed by atoms with Crippen LogP contribution in [0.3, 0.4) is 0 Å². The molecule has 0 saturated heterocycles. The molecule has 0 aromatic carbocycles. The van der Waals surface area contributed by atoms with Gasteiger partial charge in [0.25, 0.3) is 5.91 Å². The van der Waals surface area contributed by atoms with E-state index in [0.717, 1.165) is 24.3 Å². The normalized spacial score (nSPS) is 10.7. The van der Waals surface area contributed by atoms with Gasteiger partial charge in [-0.2, -0.15) is 0 Å². The number of carbonyl (C=O) groups is 1. The van der Waals surface area contributed by atoms with Crippen molar-refractivity contribution in [2.75, 3.05) is 25.0 Å². The Hall–Kier alpha value is -1.62. The second kappa shape index (κ2) is 7.85. The smallest absolute Gasteiger partial charge is 0.257 e. The number of nitrogens with zero attached hydrogens (tertiary/aromatic N) is 2. The summed E-state index contributed by atoms with van der Waals surface area (Å²) in [7, 11) is 0. The first-order valence-corrected chi connectivity index (χ1v) is 7.13. The van der Waals surface area contributed by atoms with E-state index in [1.807, 2.05) is 26.8 Å². The molecule has 20 heavy (non-hydrogen) atoms. The van der Waals surface area contributed by atoms with Gasteiger partial charge in [0, 0.05) is 31.0 Å². The number of pyridine rings is 1. The average molecular weight is 279 g/mol. The summed E-state index contributed by atoms with van der Waals surface area (Å²) in [5, 5.41) is 12.4. The zero-order valence-corrected chi connectivity index (χ0v) is 12.8. The highest BCUT2D eigenvalue weighted by Crippen LogP contribution is 2.19. The maximum Gasteiger partial charge on any atom is 0.257 e. The number of rotatable bonds is 7. The quantitative estimate of drug-likeness (QED) is 0.802. The van der Waals surface area contributed by atoms with Gasteiger partial charge in [-0.15, -0.1) is 0 Å². The number of carbonyl (C=O) groups excluding carboxylic acids is 1. The van der Waals surface area contributed by atoms with Crippen molar-refractivity contribution in [1.29, 1.82) is 0 Å². The first-order valence-electron chi connectivity index (χ1n) is 7.13. The fourth-order valence-corrected chi connectivity index (χ4v) is 1.99. The molecule has 5 heteroatoms. The van der Waals surface area contributed by atoms with Crippen molar-refractivity contribution in [2.45, 2.75) is 40.2 Å². The number of aryl methyl sites for hydroxylation is 1. The van der Waals surface area contributed by atoms with Crippen molar-refractivity contribution in [3.63, 3.8) is 0 Å². The summed E-state index contributed by atoms with van der Waals surface area (Å²) in [6, 6.07) is 1.93. The maximum atomic E-state index is 12.6. The van der Waals surface area contributed by atoms with E-state index in [9.17, 15) is 4.79 Å². The zero-order chi connectivity index (χ0) is 15.1. The molecule has 0 spiro atoms.